The third-order valence-corrected chi connectivity index (χ3v) is 5.93. The highest BCUT2D eigenvalue weighted by molar-refractivity contribution is 7.91. The third kappa shape index (κ3) is 6.56. The van der Waals surface area contributed by atoms with Gasteiger partial charge < -0.3 is 10.1 Å². The zero-order valence-electron chi connectivity index (χ0n) is 19.1. The zero-order chi connectivity index (χ0) is 26.0. The number of alkyl halides is 3. The molecule has 1 aromatic heterocycles. The van der Waals surface area contributed by atoms with Gasteiger partial charge in [0.15, 0.2) is 15.6 Å². The first-order valence-corrected chi connectivity index (χ1v) is 12.4. The second-order valence-electron chi connectivity index (χ2n) is 8.57. The van der Waals surface area contributed by atoms with E-state index in [0.29, 0.717) is 10.9 Å². The van der Waals surface area contributed by atoms with Crippen molar-refractivity contribution in [2.75, 3.05) is 12.0 Å². The van der Waals surface area contributed by atoms with E-state index in [-0.39, 0.29) is 17.9 Å². The van der Waals surface area contributed by atoms with Gasteiger partial charge in [-0.25, -0.2) is 8.42 Å². The van der Waals surface area contributed by atoms with Crippen molar-refractivity contribution in [1.29, 1.82) is 0 Å². The number of aromatic nitrogens is 1. The van der Waals surface area contributed by atoms with Crippen molar-refractivity contribution in [3.8, 4) is 5.75 Å². The standard InChI is InChI=1S/C24H23F3N2O5S/c1-23(2,20(30)14-35(3,32)33)29-22(31)18-10-9-16-6-4-5-7-17(16)21(18)34-13-15-8-11-19(28-12-15)24(25,26)27/h4-12H,13-14H2,1-3H3,(H,29,31). The van der Waals surface area contributed by atoms with E-state index in [1.54, 1.807) is 30.3 Å². The number of ether oxygens (including phenoxy) is 1. The molecule has 0 saturated heterocycles. The van der Waals surface area contributed by atoms with Crippen LogP contribution in [-0.4, -0.2) is 42.6 Å². The largest absolute Gasteiger partial charge is 0.487 e. The van der Waals surface area contributed by atoms with Gasteiger partial charge in [-0.3, -0.25) is 14.6 Å². The van der Waals surface area contributed by atoms with Crippen LogP contribution in [0.25, 0.3) is 10.8 Å². The predicted octanol–water partition coefficient (Wildman–Crippen LogP) is 3.95. The number of pyridine rings is 1. The van der Waals surface area contributed by atoms with Gasteiger partial charge in [0.05, 0.1) is 11.1 Å². The number of hydrogen-bond acceptors (Lipinski definition) is 6. The maximum absolute atomic E-state index is 13.1. The molecule has 1 amide bonds. The molecule has 35 heavy (non-hydrogen) atoms. The Balaban J connectivity index is 1.91. The van der Waals surface area contributed by atoms with E-state index in [2.05, 4.69) is 10.3 Å². The topological polar surface area (TPSA) is 102 Å². The summed E-state index contributed by atoms with van der Waals surface area (Å²) in [5, 5.41) is 3.87. The van der Waals surface area contributed by atoms with E-state index in [1.165, 1.54) is 26.0 Å². The number of sulfone groups is 1. The minimum absolute atomic E-state index is 0.0730. The van der Waals surface area contributed by atoms with Gasteiger partial charge in [-0.15, -0.1) is 0 Å². The molecule has 0 atom stereocenters. The summed E-state index contributed by atoms with van der Waals surface area (Å²) >= 11 is 0. The lowest BCUT2D eigenvalue weighted by molar-refractivity contribution is -0.141. The first-order chi connectivity index (χ1) is 16.2. The summed E-state index contributed by atoms with van der Waals surface area (Å²) < 4.78 is 67.2. The Morgan fingerprint density at radius 1 is 1.03 bits per heavy atom. The summed E-state index contributed by atoms with van der Waals surface area (Å²) in [5.74, 6) is -1.94. The minimum atomic E-state index is -4.57. The summed E-state index contributed by atoms with van der Waals surface area (Å²) in [4.78, 5) is 29.0. The molecule has 0 bridgehead atoms. The molecule has 0 aliphatic rings. The van der Waals surface area contributed by atoms with Crippen LogP contribution >= 0.6 is 0 Å². The third-order valence-electron chi connectivity index (χ3n) is 5.14. The molecule has 186 valence electrons. The molecule has 0 aliphatic heterocycles. The van der Waals surface area contributed by atoms with Gasteiger partial charge in [0.2, 0.25) is 0 Å². The average molecular weight is 509 g/mol. The van der Waals surface area contributed by atoms with E-state index in [9.17, 15) is 31.2 Å². The van der Waals surface area contributed by atoms with Crippen molar-refractivity contribution in [1.82, 2.24) is 10.3 Å². The molecule has 0 spiro atoms. The summed E-state index contributed by atoms with van der Waals surface area (Å²) in [6.45, 7) is 2.62. The van der Waals surface area contributed by atoms with Crippen LogP contribution < -0.4 is 10.1 Å². The molecule has 0 radical (unpaired) electrons. The van der Waals surface area contributed by atoms with Crippen molar-refractivity contribution >= 4 is 32.3 Å². The van der Waals surface area contributed by atoms with Gasteiger partial charge in [0.25, 0.3) is 5.91 Å². The Bertz CT molecular complexity index is 1370. The van der Waals surface area contributed by atoms with Crippen molar-refractivity contribution in [3.05, 3.63) is 71.5 Å². The van der Waals surface area contributed by atoms with Gasteiger partial charge in [0.1, 0.15) is 23.8 Å². The number of fused-ring (bicyclic) bond motifs is 1. The van der Waals surface area contributed by atoms with Gasteiger partial charge in [0, 0.05) is 23.4 Å². The van der Waals surface area contributed by atoms with E-state index in [4.69, 9.17) is 4.74 Å². The van der Waals surface area contributed by atoms with Crippen LogP contribution in [0.4, 0.5) is 13.2 Å². The fourth-order valence-electron chi connectivity index (χ4n) is 3.25. The van der Waals surface area contributed by atoms with Crippen LogP contribution in [-0.2, 0) is 27.4 Å². The van der Waals surface area contributed by atoms with Crippen LogP contribution in [0.3, 0.4) is 0 Å². The van der Waals surface area contributed by atoms with E-state index >= 15 is 0 Å². The van der Waals surface area contributed by atoms with Crippen LogP contribution in [0.1, 0.15) is 35.5 Å². The number of hydrogen-bond donors (Lipinski definition) is 1. The Morgan fingerprint density at radius 2 is 1.71 bits per heavy atom. The number of amides is 1. The Hall–Kier alpha value is -3.47. The summed E-state index contributed by atoms with van der Waals surface area (Å²) in [7, 11) is -3.60. The number of ketones is 1. The van der Waals surface area contributed by atoms with Crippen molar-refractivity contribution in [2.45, 2.75) is 32.2 Å². The fraction of sp³-hybridized carbons (Fsp3) is 0.292. The van der Waals surface area contributed by atoms with E-state index in [0.717, 1.165) is 23.9 Å². The molecule has 11 heteroatoms. The molecular weight excluding hydrogens is 485 g/mol. The minimum Gasteiger partial charge on any atom is -0.487 e. The Morgan fingerprint density at radius 3 is 2.31 bits per heavy atom. The average Bonchev–Trinajstić information content (AvgIpc) is 2.75. The number of carbonyl (C=O) groups excluding carboxylic acids is 2. The highest BCUT2D eigenvalue weighted by Gasteiger charge is 2.33. The molecule has 1 N–H and O–H groups in total. The van der Waals surface area contributed by atoms with Gasteiger partial charge in [-0.1, -0.05) is 36.4 Å². The molecule has 0 saturated carbocycles. The zero-order valence-corrected chi connectivity index (χ0v) is 20.0. The number of nitrogens with zero attached hydrogens (tertiary/aromatic N) is 1. The lowest BCUT2D eigenvalue weighted by Gasteiger charge is -2.25. The molecule has 3 rings (SSSR count). The highest BCUT2D eigenvalue weighted by atomic mass is 32.2. The maximum Gasteiger partial charge on any atom is 0.433 e. The number of benzene rings is 2. The predicted molar refractivity (Wildman–Crippen MR) is 124 cm³/mol. The smallest absolute Gasteiger partial charge is 0.433 e. The Labute approximate surface area is 200 Å². The summed E-state index contributed by atoms with van der Waals surface area (Å²) in [6, 6.07) is 12.3. The SMILES string of the molecule is CC(C)(NC(=O)c1ccc2ccccc2c1OCc1ccc(C(F)(F)F)nc1)C(=O)CS(C)(=O)=O. The van der Waals surface area contributed by atoms with Gasteiger partial charge in [-0.05, 0) is 31.4 Å². The molecule has 0 aliphatic carbocycles. The number of nitrogens with one attached hydrogen (secondary N) is 1. The lowest BCUT2D eigenvalue weighted by Crippen LogP contribution is -2.51. The molecule has 2 aromatic carbocycles. The second-order valence-corrected chi connectivity index (χ2v) is 10.7. The van der Waals surface area contributed by atoms with Crippen molar-refractivity contribution in [3.63, 3.8) is 0 Å². The normalized spacial score (nSPS) is 12.4. The highest BCUT2D eigenvalue weighted by Crippen LogP contribution is 2.32. The fourth-order valence-corrected chi connectivity index (χ4v) is 4.09. The molecular formula is C24H23F3N2O5S. The monoisotopic (exact) mass is 508 g/mol. The van der Waals surface area contributed by atoms with Crippen molar-refractivity contribution < 1.29 is 35.9 Å². The Kier molecular flexibility index (Phi) is 7.21. The first-order valence-electron chi connectivity index (χ1n) is 10.4. The summed E-state index contributed by atoms with van der Waals surface area (Å²) in [6.07, 6.45) is -2.60. The second kappa shape index (κ2) is 9.65. The van der Waals surface area contributed by atoms with Crippen LogP contribution in [0, 0.1) is 0 Å². The van der Waals surface area contributed by atoms with Gasteiger partial charge in [-0.2, -0.15) is 13.2 Å². The summed E-state index contributed by atoms with van der Waals surface area (Å²) in [5.41, 5.74) is -2.10. The number of halogens is 3. The number of carbonyl (C=O) groups is 2. The van der Waals surface area contributed by atoms with Crippen molar-refractivity contribution in [2.24, 2.45) is 0 Å². The maximum atomic E-state index is 13.1. The lowest BCUT2D eigenvalue weighted by atomic mass is 9.98. The molecule has 7 nitrogen and oxygen atoms in total. The molecule has 0 unspecified atom stereocenters. The first kappa shape index (κ1) is 26.1. The number of Topliss-reactive ketones (excluding diaryl/α,β-unsaturated/α-hetero) is 1. The quantitative estimate of drug-likeness (QED) is 0.494. The van der Waals surface area contributed by atoms with Crippen LogP contribution in [0.15, 0.2) is 54.7 Å². The molecule has 1 heterocycles. The molecule has 0 fully saturated rings. The van der Waals surface area contributed by atoms with Crippen LogP contribution in [0.5, 0.6) is 5.75 Å². The van der Waals surface area contributed by atoms with E-state index < -0.39 is 44.7 Å². The number of rotatable bonds is 8. The van der Waals surface area contributed by atoms with Gasteiger partial charge >= 0.3 is 6.18 Å². The van der Waals surface area contributed by atoms with Crippen LogP contribution in [0.2, 0.25) is 0 Å². The van der Waals surface area contributed by atoms with E-state index in [1.807, 2.05) is 0 Å². The molecule has 3 aromatic rings.